The van der Waals surface area contributed by atoms with E-state index in [0.717, 1.165) is 17.7 Å². The SMILES string of the molecule is Cc1ccc(S(=O)(=O)Nc2cc(F)cc(Br)c2OC(F)F)cc1. The summed E-state index contributed by atoms with van der Waals surface area (Å²) in [4.78, 5) is -0.0912. The van der Waals surface area contributed by atoms with E-state index in [-0.39, 0.29) is 9.37 Å². The van der Waals surface area contributed by atoms with Crippen LogP contribution in [-0.2, 0) is 10.0 Å². The van der Waals surface area contributed by atoms with Crippen LogP contribution in [0.2, 0.25) is 0 Å². The van der Waals surface area contributed by atoms with E-state index in [9.17, 15) is 21.6 Å². The fourth-order valence-electron chi connectivity index (χ4n) is 1.77. The van der Waals surface area contributed by atoms with Gasteiger partial charge in [-0.1, -0.05) is 17.7 Å². The molecule has 0 spiro atoms. The number of rotatable bonds is 5. The number of aryl methyl sites for hydroxylation is 1. The first-order valence-electron chi connectivity index (χ1n) is 6.22. The van der Waals surface area contributed by atoms with Crippen LogP contribution in [0.3, 0.4) is 0 Å². The van der Waals surface area contributed by atoms with Crippen molar-refractivity contribution in [2.45, 2.75) is 18.4 Å². The minimum Gasteiger partial charge on any atom is -0.431 e. The zero-order valence-corrected chi connectivity index (χ0v) is 14.1. The molecule has 0 aliphatic rings. The summed E-state index contributed by atoms with van der Waals surface area (Å²) in [5, 5.41) is 0. The largest absolute Gasteiger partial charge is 0.431 e. The Kier molecular flexibility index (Phi) is 5.20. The maximum absolute atomic E-state index is 13.5. The molecule has 0 atom stereocenters. The van der Waals surface area contributed by atoms with Crippen LogP contribution in [0.4, 0.5) is 18.9 Å². The van der Waals surface area contributed by atoms with Gasteiger partial charge in [0.25, 0.3) is 10.0 Å². The van der Waals surface area contributed by atoms with Crippen molar-refractivity contribution in [3.05, 3.63) is 52.3 Å². The minimum absolute atomic E-state index is 0.0912. The number of hydrogen-bond donors (Lipinski definition) is 1. The topological polar surface area (TPSA) is 55.4 Å². The Morgan fingerprint density at radius 3 is 2.35 bits per heavy atom. The normalized spacial score (nSPS) is 11.6. The maximum atomic E-state index is 13.5. The van der Waals surface area contributed by atoms with Crippen molar-refractivity contribution in [2.24, 2.45) is 0 Å². The van der Waals surface area contributed by atoms with Crippen LogP contribution in [0.5, 0.6) is 5.75 Å². The first-order valence-corrected chi connectivity index (χ1v) is 8.50. The van der Waals surface area contributed by atoms with Gasteiger partial charge in [-0.05, 0) is 41.1 Å². The van der Waals surface area contributed by atoms with Gasteiger partial charge in [-0.3, -0.25) is 4.72 Å². The van der Waals surface area contributed by atoms with Crippen LogP contribution in [0, 0.1) is 12.7 Å². The lowest BCUT2D eigenvalue weighted by Gasteiger charge is -2.15. The third-order valence-electron chi connectivity index (χ3n) is 2.79. The molecule has 0 saturated heterocycles. The molecular weight excluding hydrogens is 399 g/mol. The predicted molar refractivity (Wildman–Crippen MR) is 82.7 cm³/mol. The molecular formula is C14H11BrF3NO3S. The van der Waals surface area contributed by atoms with Crippen LogP contribution >= 0.6 is 15.9 Å². The molecule has 0 unspecified atom stereocenters. The molecule has 0 heterocycles. The fraction of sp³-hybridized carbons (Fsp3) is 0.143. The molecule has 0 aliphatic carbocycles. The molecule has 2 aromatic rings. The zero-order valence-electron chi connectivity index (χ0n) is 11.7. The van der Waals surface area contributed by atoms with Gasteiger partial charge < -0.3 is 4.74 Å². The second-order valence-corrected chi connectivity index (χ2v) is 7.10. The van der Waals surface area contributed by atoms with Crippen molar-refractivity contribution in [3.63, 3.8) is 0 Å². The average Bonchev–Trinajstić information content (AvgIpc) is 2.42. The van der Waals surface area contributed by atoms with Gasteiger partial charge in [-0.25, -0.2) is 12.8 Å². The highest BCUT2D eigenvalue weighted by Gasteiger charge is 2.21. The van der Waals surface area contributed by atoms with Crippen molar-refractivity contribution >= 4 is 31.6 Å². The summed E-state index contributed by atoms with van der Waals surface area (Å²) in [7, 11) is -4.08. The van der Waals surface area contributed by atoms with Crippen LogP contribution < -0.4 is 9.46 Å². The molecule has 0 radical (unpaired) electrons. The molecule has 4 nitrogen and oxygen atoms in total. The summed E-state index contributed by atoms with van der Waals surface area (Å²) in [6.45, 7) is -1.42. The lowest BCUT2D eigenvalue weighted by molar-refractivity contribution is -0.0498. The van der Waals surface area contributed by atoms with Crippen molar-refractivity contribution in [2.75, 3.05) is 4.72 Å². The highest BCUT2D eigenvalue weighted by molar-refractivity contribution is 9.10. The van der Waals surface area contributed by atoms with Crippen LogP contribution in [-0.4, -0.2) is 15.0 Å². The lowest BCUT2D eigenvalue weighted by atomic mass is 10.2. The van der Waals surface area contributed by atoms with Crippen LogP contribution in [0.25, 0.3) is 0 Å². The highest BCUT2D eigenvalue weighted by atomic mass is 79.9. The molecule has 0 fully saturated rings. The average molecular weight is 410 g/mol. The van der Waals surface area contributed by atoms with E-state index in [4.69, 9.17) is 0 Å². The predicted octanol–water partition coefficient (Wildman–Crippen LogP) is 4.30. The molecule has 0 aromatic heterocycles. The molecule has 0 saturated carbocycles. The summed E-state index contributed by atoms with van der Waals surface area (Å²) in [6.07, 6.45) is 0. The third-order valence-corrected chi connectivity index (χ3v) is 4.76. The summed E-state index contributed by atoms with van der Waals surface area (Å²) in [6, 6.07) is 7.49. The van der Waals surface area contributed by atoms with Gasteiger partial charge in [0.15, 0.2) is 5.75 Å². The van der Waals surface area contributed by atoms with E-state index in [0.29, 0.717) is 0 Å². The van der Waals surface area contributed by atoms with E-state index in [1.807, 2.05) is 0 Å². The van der Waals surface area contributed by atoms with Crippen molar-refractivity contribution in [3.8, 4) is 5.75 Å². The number of anilines is 1. The van der Waals surface area contributed by atoms with E-state index in [2.05, 4.69) is 25.4 Å². The first kappa shape index (κ1) is 17.6. The summed E-state index contributed by atoms with van der Waals surface area (Å²) >= 11 is 2.87. The number of benzene rings is 2. The number of nitrogens with one attached hydrogen (secondary N) is 1. The lowest BCUT2D eigenvalue weighted by Crippen LogP contribution is -2.15. The Morgan fingerprint density at radius 1 is 1.17 bits per heavy atom. The molecule has 9 heteroatoms. The maximum Gasteiger partial charge on any atom is 0.387 e. The smallest absolute Gasteiger partial charge is 0.387 e. The number of sulfonamides is 1. The second-order valence-electron chi connectivity index (χ2n) is 4.56. The molecule has 124 valence electrons. The minimum atomic E-state index is -4.08. The Balaban J connectivity index is 2.44. The van der Waals surface area contributed by atoms with E-state index < -0.39 is 33.9 Å². The van der Waals surface area contributed by atoms with Gasteiger partial charge in [0.2, 0.25) is 0 Å². The van der Waals surface area contributed by atoms with Gasteiger partial charge in [-0.15, -0.1) is 0 Å². The Bertz CT molecular complexity index is 811. The van der Waals surface area contributed by atoms with Crippen LogP contribution in [0.15, 0.2) is 45.8 Å². The number of ether oxygens (including phenoxy) is 1. The van der Waals surface area contributed by atoms with Gasteiger partial charge >= 0.3 is 6.61 Å². The van der Waals surface area contributed by atoms with E-state index in [1.54, 1.807) is 19.1 Å². The molecule has 2 rings (SSSR count). The zero-order chi connectivity index (χ0) is 17.2. The van der Waals surface area contributed by atoms with Gasteiger partial charge in [0.05, 0.1) is 15.1 Å². The van der Waals surface area contributed by atoms with Crippen LogP contribution in [0.1, 0.15) is 5.56 Å². The Hall–Kier alpha value is -1.74. The number of halogens is 4. The Labute approximate surface area is 139 Å². The molecule has 0 aliphatic heterocycles. The second kappa shape index (κ2) is 6.79. The number of hydrogen-bond acceptors (Lipinski definition) is 3. The molecule has 2 aromatic carbocycles. The Morgan fingerprint density at radius 2 is 1.78 bits per heavy atom. The van der Waals surface area contributed by atoms with Gasteiger partial charge in [0.1, 0.15) is 5.82 Å². The monoisotopic (exact) mass is 409 g/mol. The fourth-order valence-corrected chi connectivity index (χ4v) is 3.35. The van der Waals surface area contributed by atoms with Gasteiger partial charge in [-0.2, -0.15) is 8.78 Å². The van der Waals surface area contributed by atoms with E-state index in [1.165, 1.54) is 12.1 Å². The number of alkyl halides is 2. The molecule has 0 bridgehead atoms. The molecule has 0 amide bonds. The quantitative estimate of drug-likeness (QED) is 0.800. The summed E-state index contributed by atoms with van der Waals surface area (Å²) in [5.41, 5.74) is 0.414. The highest BCUT2D eigenvalue weighted by Crippen LogP contribution is 2.36. The van der Waals surface area contributed by atoms with Crippen molar-refractivity contribution < 1.29 is 26.3 Å². The molecule has 23 heavy (non-hydrogen) atoms. The summed E-state index contributed by atoms with van der Waals surface area (Å²) < 4.78 is 69.1. The first-order chi connectivity index (χ1) is 10.7. The van der Waals surface area contributed by atoms with Crippen molar-refractivity contribution in [1.82, 2.24) is 0 Å². The third kappa shape index (κ3) is 4.38. The standard InChI is InChI=1S/C14H11BrF3NO3S/c1-8-2-4-10(5-3-8)23(20,21)19-12-7-9(16)6-11(15)13(12)22-14(17)18/h2-7,14,19H,1H3. The molecule has 1 N–H and O–H groups in total. The van der Waals surface area contributed by atoms with Crippen molar-refractivity contribution in [1.29, 1.82) is 0 Å². The van der Waals surface area contributed by atoms with Gasteiger partial charge in [0, 0.05) is 6.07 Å². The summed E-state index contributed by atoms with van der Waals surface area (Å²) in [5.74, 6) is -1.32. The van der Waals surface area contributed by atoms with E-state index >= 15 is 0 Å².